The maximum Gasteiger partial charge on any atom is 0.319 e. The van der Waals surface area contributed by atoms with Gasteiger partial charge in [-0.15, -0.1) is 0 Å². The average Bonchev–Trinajstić information content (AvgIpc) is 2.74. The zero-order chi connectivity index (χ0) is 28.1. The molecule has 8 nitrogen and oxygen atoms in total. The SMILES string of the molecule is C.C.C.CC(C)C(=O)N(C)C(C)C.CC(C)C(=O)N(C)N(C)C(C)C.CC(C)N(C)C(=O)N(C)C(C)C. The Labute approximate surface area is 233 Å². The van der Waals surface area contributed by atoms with Gasteiger partial charge in [0.05, 0.1) is 0 Å². The Morgan fingerprint density at radius 1 is 0.432 bits per heavy atom. The summed E-state index contributed by atoms with van der Waals surface area (Å²) >= 11 is 0. The smallest absolute Gasteiger partial charge is 0.319 e. The van der Waals surface area contributed by atoms with E-state index in [0.717, 1.165) is 0 Å². The van der Waals surface area contributed by atoms with Crippen LogP contribution in [0.25, 0.3) is 0 Å². The molecule has 0 fully saturated rings. The summed E-state index contributed by atoms with van der Waals surface area (Å²) in [7, 11) is 9.22. The predicted molar refractivity (Wildman–Crippen MR) is 165 cm³/mol. The molecule has 0 bridgehead atoms. The molecule has 0 N–H and O–H groups in total. The van der Waals surface area contributed by atoms with Crippen LogP contribution >= 0.6 is 0 Å². The highest BCUT2D eigenvalue weighted by molar-refractivity contribution is 5.78. The van der Waals surface area contributed by atoms with Crippen LogP contribution in [-0.4, -0.2) is 102 Å². The Balaban J connectivity index is -0.0000000940. The van der Waals surface area contributed by atoms with Crippen molar-refractivity contribution in [1.82, 2.24) is 24.7 Å². The van der Waals surface area contributed by atoms with E-state index in [1.807, 2.05) is 109 Å². The molecule has 0 saturated heterocycles. The van der Waals surface area contributed by atoms with Crippen molar-refractivity contribution in [3.05, 3.63) is 0 Å². The van der Waals surface area contributed by atoms with Gasteiger partial charge in [0.1, 0.15) is 0 Å². The zero-order valence-electron chi connectivity index (χ0n) is 25.4. The molecule has 0 aromatic rings. The summed E-state index contributed by atoms with van der Waals surface area (Å²) < 4.78 is 0. The zero-order valence-corrected chi connectivity index (χ0v) is 25.4. The van der Waals surface area contributed by atoms with Crippen molar-refractivity contribution in [2.45, 2.75) is 130 Å². The highest BCUT2D eigenvalue weighted by Gasteiger charge is 2.19. The van der Waals surface area contributed by atoms with E-state index in [1.165, 1.54) is 0 Å². The number of hydrogen-bond acceptors (Lipinski definition) is 4. The molecule has 4 amide bonds. The van der Waals surface area contributed by atoms with Crippen molar-refractivity contribution in [3.8, 4) is 0 Å². The fourth-order valence-corrected chi connectivity index (χ4v) is 2.23. The lowest BCUT2D eigenvalue weighted by Crippen LogP contribution is -2.46. The first-order valence-corrected chi connectivity index (χ1v) is 12.5. The molecule has 0 aromatic heterocycles. The summed E-state index contributed by atoms with van der Waals surface area (Å²) in [4.78, 5) is 39.5. The molecule has 0 heterocycles. The Hall–Kier alpha value is -1.83. The second-order valence-corrected chi connectivity index (χ2v) is 10.6. The van der Waals surface area contributed by atoms with Gasteiger partial charge in [-0.05, 0) is 55.4 Å². The van der Waals surface area contributed by atoms with Gasteiger partial charge >= 0.3 is 6.03 Å². The topological polar surface area (TPSA) is 67.4 Å². The van der Waals surface area contributed by atoms with Crippen molar-refractivity contribution in [2.75, 3.05) is 35.2 Å². The number of carbonyl (C=O) groups is 3. The van der Waals surface area contributed by atoms with E-state index in [0.29, 0.717) is 12.1 Å². The maximum atomic E-state index is 11.6. The minimum absolute atomic E-state index is 0. The number of carbonyl (C=O) groups excluding carboxylic acids is 3. The molecule has 0 aliphatic heterocycles. The van der Waals surface area contributed by atoms with Crippen molar-refractivity contribution in [3.63, 3.8) is 0 Å². The summed E-state index contributed by atoms with van der Waals surface area (Å²) in [5.41, 5.74) is 0. The van der Waals surface area contributed by atoms with Crippen LogP contribution in [0.4, 0.5) is 4.79 Å². The summed E-state index contributed by atoms with van der Waals surface area (Å²) in [6.07, 6.45) is 0. The summed E-state index contributed by atoms with van der Waals surface area (Å²) in [6, 6.07) is 1.28. The van der Waals surface area contributed by atoms with Gasteiger partial charge in [-0.25, -0.2) is 9.80 Å². The second-order valence-electron chi connectivity index (χ2n) is 10.6. The largest absolute Gasteiger partial charge is 0.343 e. The number of amides is 4. The summed E-state index contributed by atoms with van der Waals surface area (Å²) in [6.45, 7) is 23.8. The van der Waals surface area contributed by atoms with Gasteiger partial charge in [0.25, 0.3) is 0 Å². The standard InChI is InChI=1S/2C9H20N2O.C8H17NO.3CH4/c1-7(2)10(5)9(12)11(6)8(3)4;1-7(2)9(12)11(6)10(5)8(3)4;1-6(2)8(10)9(5)7(3)4;;;/h2*7-8H,1-6H3;6-7H,1-5H3;3*1H4. The predicted octanol–water partition coefficient (Wildman–Crippen LogP) is 6.56. The molecule has 0 aliphatic rings. The molecule has 0 radical (unpaired) electrons. The van der Waals surface area contributed by atoms with Gasteiger partial charge in [-0.2, -0.15) is 0 Å². The number of urea groups is 1. The molecule has 0 atom stereocenters. The van der Waals surface area contributed by atoms with Crippen LogP contribution in [0.5, 0.6) is 0 Å². The first-order valence-electron chi connectivity index (χ1n) is 12.5. The molecular weight excluding hydrogens is 466 g/mol. The van der Waals surface area contributed by atoms with E-state index < -0.39 is 0 Å². The second kappa shape index (κ2) is 23.3. The van der Waals surface area contributed by atoms with Crippen LogP contribution in [0.15, 0.2) is 0 Å². The van der Waals surface area contributed by atoms with Gasteiger partial charge in [-0.3, -0.25) is 14.6 Å². The monoisotopic (exact) mass is 536 g/mol. The quantitative estimate of drug-likeness (QED) is 0.346. The highest BCUT2D eigenvalue weighted by Crippen LogP contribution is 2.05. The number of nitrogens with zero attached hydrogens (tertiary/aromatic N) is 5. The maximum absolute atomic E-state index is 11.6. The van der Waals surface area contributed by atoms with E-state index in [-0.39, 0.29) is 64.0 Å². The molecular formula is C29H69N5O3. The summed E-state index contributed by atoms with van der Waals surface area (Å²) in [5.74, 6) is 0.560. The molecule has 228 valence electrons. The lowest BCUT2D eigenvalue weighted by molar-refractivity contribution is -0.149. The van der Waals surface area contributed by atoms with Crippen LogP contribution < -0.4 is 0 Å². The summed E-state index contributed by atoms with van der Waals surface area (Å²) in [5, 5.41) is 3.61. The lowest BCUT2D eigenvalue weighted by atomic mass is 10.2. The van der Waals surface area contributed by atoms with E-state index in [4.69, 9.17) is 0 Å². The van der Waals surface area contributed by atoms with Gasteiger partial charge < -0.3 is 14.7 Å². The minimum atomic E-state index is 0. The van der Waals surface area contributed by atoms with Crippen LogP contribution in [-0.2, 0) is 9.59 Å². The van der Waals surface area contributed by atoms with E-state index in [1.54, 1.807) is 19.7 Å². The first-order chi connectivity index (χ1) is 15.2. The highest BCUT2D eigenvalue weighted by atomic mass is 16.2. The average molecular weight is 536 g/mol. The molecule has 0 saturated carbocycles. The Morgan fingerprint density at radius 2 is 0.703 bits per heavy atom. The molecule has 0 unspecified atom stereocenters. The third kappa shape index (κ3) is 19.9. The van der Waals surface area contributed by atoms with Crippen LogP contribution in [0.2, 0.25) is 0 Å². The van der Waals surface area contributed by atoms with Gasteiger partial charge in [0.2, 0.25) is 11.8 Å². The molecule has 0 aromatic carbocycles. The van der Waals surface area contributed by atoms with Crippen LogP contribution in [0.3, 0.4) is 0 Å². The number of rotatable bonds is 7. The van der Waals surface area contributed by atoms with Gasteiger partial charge in [0, 0.05) is 71.2 Å². The van der Waals surface area contributed by atoms with Gasteiger partial charge in [0.15, 0.2) is 0 Å². The molecule has 0 aliphatic carbocycles. The molecule has 0 spiro atoms. The first kappa shape index (κ1) is 48.3. The van der Waals surface area contributed by atoms with Crippen molar-refractivity contribution in [2.24, 2.45) is 11.8 Å². The van der Waals surface area contributed by atoms with Crippen LogP contribution in [0, 0.1) is 11.8 Å². The third-order valence-electron chi connectivity index (χ3n) is 5.80. The van der Waals surface area contributed by atoms with Crippen molar-refractivity contribution in [1.29, 1.82) is 0 Å². The van der Waals surface area contributed by atoms with Crippen molar-refractivity contribution >= 4 is 17.8 Å². The fourth-order valence-electron chi connectivity index (χ4n) is 2.23. The Kier molecular flexibility index (Phi) is 30.4. The Bertz CT molecular complexity index is 574. The number of hydrazine groups is 1. The normalized spacial score (nSPS) is 10.1. The van der Waals surface area contributed by atoms with Gasteiger partial charge in [-0.1, -0.05) is 50.0 Å². The minimum Gasteiger partial charge on any atom is -0.343 e. The van der Waals surface area contributed by atoms with E-state index in [9.17, 15) is 14.4 Å². The fraction of sp³-hybridized carbons (Fsp3) is 0.897. The lowest BCUT2D eigenvalue weighted by Gasteiger charge is -2.32. The molecule has 8 heteroatoms. The number of hydrogen-bond donors (Lipinski definition) is 0. The van der Waals surface area contributed by atoms with E-state index >= 15 is 0 Å². The molecule has 0 rings (SSSR count). The van der Waals surface area contributed by atoms with Crippen molar-refractivity contribution < 1.29 is 14.4 Å². The van der Waals surface area contributed by atoms with Crippen LogP contribution in [0.1, 0.15) is 105 Å². The third-order valence-corrected chi connectivity index (χ3v) is 5.80. The Morgan fingerprint density at radius 3 is 0.865 bits per heavy atom. The van der Waals surface area contributed by atoms with E-state index in [2.05, 4.69) is 13.8 Å². The molecule has 37 heavy (non-hydrogen) atoms.